The van der Waals surface area contributed by atoms with E-state index in [9.17, 15) is 4.79 Å². The van der Waals surface area contributed by atoms with Crippen LogP contribution in [0, 0.1) is 0 Å². The van der Waals surface area contributed by atoms with Gasteiger partial charge in [0.1, 0.15) is 0 Å². The SMILES string of the molecule is CSCCN(C)CCn1cc(C(=O)NN)nn1. The Morgan fingerprint density at radius 2 is 2.41 bits per heavy atom. The summed E-state index contributed by atoms with van der Waals surface area (Å²) in [6, 6.07) is 0. The van der Waals surface area contributed by atoms with E-state index in [1.165, 1.54) is 0 Å². The Labute approximate surface area is 105 Å². The van der Waals surface area contributed by atoms with Gasteiger partial charge in [-0.3, -0.25) is 14.9 Å². The van der Waals surface area contributed by atoms with Crippen LogP contribution in [-0.2, 0) is 6.54 Å². The molecule has 1 rings (SSSR count). The molecule has 7 nitrogen and oxygen atoms in total. The number of hydrazine groups is 1. The standard InChI is InChI=1S/C9H18N6OS/c1-14(5-6-17-2)3-4-15-7-8(12-13-15)9(16)11-10/h7H,3-6,10H2,1-2H3,(H,11,16). The number of nitrogen functional groups attached to an aromatic ring is 1. The van der Waals surface area contributed by atoms with Crippen molar-refractivity contribution in [1.82, 2.24) is 25.3 Å². The molecule has 0 aliphatic carbocycles. The number of hydrogen-bond acceptors (Lipinski definition) is 6. The average Bonchev–Trinajstić information content (AvgIpc) is 2.81. The van der Waals surface area contributed by atoms with Crippen LogP contribution in [0.15, 0.2) is 6.20 Å². The Bertz CT molecular complexity index is 355. The van der Waals surface area contributed by atoms with Crippen molar-refractivity contribution in [3.8, 4) is 0 Å². The molecule has 0 aromatic carbocycles. The van der Waals surface area contributed by atoms with Gasteiger partial charge in [-0.05, 0) is 13.3 Å². The van der Waals surface area contributed by atoms with E-state index in [0.717, 1.165) is 18.8 Å². The van der Waals surface area contributed by atoms with Crippen molar-refractivity contribution in [1.29, 1.82) is 0 Å². The van der Waals surface area contributed by atoms with Gasteiger partial charge in [-0.2, -0.15) is 11.8 Å². The number of amides is 1. The minimum atomic E-state index is -0.424. The number of thioether (sulfide) groups is 1. The summed E-state index contributed by atoms with van der Waals surface area (Å²) < 4.78 is 1.64. The van der Waals surface area contributed by atoms with Crippen molar-refractivity contribution in [2.45, 2.75) is 6.54 Å². The fraction of sp³-hybridized carbons (Fsp3) is 0.667. The lowest BCUT2D eigenvalue weighted by Crippen LogP contribution is -2.30. The van der Waals surface area contributed by atoms with Crippen LogP contribution in [0.3, 0.4) is 0 Å². The highest BCUT2D eigenvalue weighted by atomic mass is 32.2. The molecule has 0 saturated carbocycles. The zero-order valence-corrected chi connectivity index (χ0v) is 10.9. The molecule has 0 spiro atoms. The number of carbonyl (C=O) groups excluding carboxylic acids is 1. The molecule has 0 aliphatic heterocycles. The molecular formula is C9H18N6OS. The number of nitrogens with two attached hydrogens (primary N) is 1. The summed E-state index contributed by atoms with van der Waals surface area (Å²) in [4.78, 5) is 13.4. The highest BCUT2D eigenvalue weighted by Crippen LogP contribution is 1.96. The molecule has 1 aromatic rings. The van der Waals surface area contributed by atoms with Crippen molar-refractivity contribution < 1.29 is 4.79 Å². The average molecular weight is 258 g/mol. The maximum absolute atomic E-state index is 11.1. The van der Waals surface area contributed by atoms with E-state index in [-0.39, 0.29) is 5.69 Å². The third-order valence-corrected chi connectivity index (χ3v) is 2.88. The van der Waals surface area contributed by atoms with Crippen LogP contribution in [-0.4, -0.2) is 57.9 Å². The molecule has 0 atom stereocenters. The Balaban J connectivity index is 2.36. The summed E-state index contributed by atoms with van der Waals surface area (Å²) in [5.41, 5.74) is 2.25. The van der Waals surface area contributed by atoms with Crippen molar-refractivity contribution in [2.75, 3.05) is 32.1 Å². The van der Waals surface area contributed by atoms with Crippen LogP contribution in [0.4, 0.5) is 0 Å². The van der Waals surface area contributed by atoms with Gasteiger partial charge in [-0.1, -0.05) is 5.21 Å². The summed E-state index contributed by atoms with van der Waals surface area (Å²) in [5, 5.41) is 7.58. The molecular weight excluding hydrogens is 240 g/mol. The molecule has 0 aliphatic rings. The van der Waals surface area contributed by atoms with Crippen molar-refractivity contribution in [3.05, 3.63) is 11.9 Å². The van der Waals surface area contributed by atoms with Gasteiger partial charge in [0.25, 0.3) is 5.91 Å². The number of nitrogens with one attached hydrogen (secondary N) is 1. The maximum Gasteiger partial charge on any atom is 0.287 e. The maximum atomic E-state index is 11.1. The molecule has 0 bridgehead atoms. The fourth-order valence-electron chi connectivity index (χ4n) is 1.22. The van der Waals surface area contributed by atoms with Gasteiger partial charge in [-0.15, -0.1) is 5.10 Å². The minimum absolute atomic E-state index is 0.235. The van der Waals surface area contributed by atoms with E-state index in [4.69, 9.17) is 5.84 Å². The number of hydrogen-bond donors (Lipinski definition) is 2. The largest absolute Gasteiger partial charge is 0.304 e. The zero-order chi connectivity index (χ0) is 12.7. The lowest BCUT2D eigenvalue weighted by molar-refractivity contribution is 0.0948. The molecule has 17 heavy (non-hydrogen) atoms. The number of likely N-dealkylation sites (N-methyl/N-ethyl adjacent to an activating group) is 1. The number of aromatic nitrogens is 3. The molecule has 0 unspecified atom stereocenters. The van der Waals surface area contributed by atoms with Crippen molar-refractivity contribution in [2.24, 2.45) is 5.84 Å². The van der Waals surface area contributed by atoms with Gasteiger partial charge in [0, 0.05) is 18.8 Å². The summed E-state index contributed by atoms with van der Waals surface area (Å²) in [6.45, 7) is 2.61. The van der Waals surface area contributed by atoms with E-state index in [2.05, 4.69) is 28.5 Å². The first-order chi connectivity index (χ1) is 8.17. The summed E-state index contributed by atoms with van der Waals surface area (Å²) in [7, 11) is 2.06. The van der Waals surface area contributed by atoms with Gasteiger partial charge in [-0.25, -0.2) is 5.84 Å². The second-order valence-electron chi connectivity index (χ2n) is 3.64. The number of rotatable bonds is 7. The van der Waals surface area contributed by atoms with Gasteiger partial charge in [0.05, 0.1) is 12.7 Å². The zero-order valence-electron chi connectivity index (χ0n) is 10.1. The summed E-state index contributed by atoms with van der Waals surface area (Å²) in [5.74, 6) is 5.68. The highest BCUT2D eigenvalue weighted by molar-refractivity contribution is 7.98. The smallest absolute Gasteiger partial charge is 0.287 e. The summed E-state index contributed by atoms with van der Waals surface area (Å²) >= 11 is 1.82. The number of carbonyl (C=O) groups is 1. The van der Waals surface area contributed by atoms with Gasteiger partial charge >= 0.3 is 0 Å². The van der Waals surface area contributed by atoms with Crippen LogP contribution in [0.1, 0.15) is 10.5 Å². The van der Waals surface area contributed by atoms with Gasteiger partial charge in [0.2, 0.25) is 0 Å². The van der Waals surface area contributed by atoms with Crippen LogP contribution < -0.4 is 11.3 Å². The molecule has 0 radical (unpaired) electrons. The van der Waals surface area contributed by atoms with E-state index >= 15 is 0 Å². The minimum Gasteiger partial charge on any atom is -0.304 e. The topological polar surface area (TPSA) is 89.1 Å². The van der Waals surface area contributed by atoms with E-state index in [0.29, 0.717) is 6.54 Å². The monoisotopic (exact) mass is 258 g/mol. The normalized spacial score (nSPS) is 10.8. The Morgan fingerprint density at radius 1 is 1.65 bits per heavy atom. The molecule has 0 saturated heterocycles. The predicted molar refractivity (Wildman–Crippen MR) is 67.6 cm³/mol. The van der Waals surface area contributed by atoms with Crippen LogP contribution in [0.2, 0.25) is 0 Å². The third kappa shape index (κ3) is 4.72. The third-order valence-electron chi connectivity index (χ3n) is 2.29. The van der Waals surface area contributed by atoms with E-state index in [1.54, 1.807) is 10.9 Å². The first kappa shape index (κ1) is 13.9. The van der Waals surface area contributed by atoms with E-state index in [1.807, 2.05) is 17.2 Å². The quantitative estimate of drug-likeness (QED) is 0.377. The number of nitrogens with zero attached hydrogens (tertiary/aromatic N) is 4. The molecule has 1 amide bonds. The summed E-state index contributed by atoms with van der Waals surface area (Å²) in [6.07, 6.45) is 3.67. The van der Waals surface area contributed by atoms with Gasteiger partial charge in [0.15, 0.2) is 5.69 Å². The van der Waals surface area contributed by atoms with Crippen LogP contribution in [0.25, 0.3) is 0 Å². The first-order valence-corrected chi connectivity index (χ1v) is 6.65. The van der Waals surface area contributed by atoms with Crippen LogP contribution >= 0.6 is 11.8 Å². The molecule has 96 valence electrons. The second-order valence-corrected chi connectivity index (χ2v) is 4.62. The molecule has 1 aromatic heterocycles. The van der Waals surface area contributed by atoms with Crippen molar-refractivity contribution in [3.63, 3.8) is 0 Å². The molecule has 3 N–H and O–H groups in total. The Morgan fingerprint density at radius 3 is 3.06 bits per heavy atom. The highest BCUT2D eigenvalue weighted by Gasteiger charge is 2.08. The lowest BCUT2D eigenvalue weighted by atomic mass is 10.4. The van der Waals surface area contributed by atoms with Crippen molar-refractivity contribution >= 4 is 17.7 Å². The second kappa shape index (κ2) is 7.25. The molecule has 0 fully saturated rings. The molecule has 8 heteroatoms. The van der Waals surface area contributed by atoms with E-state index < -0.39 is 5.91 Å². The fourth-order valence-corrected chi connectivity index (χ4v) is 1.71. The van der Waals surface area contributed by atoms with Crippen LogP contribution in [0.5, 0.6) is 0 Å². The lowest BCUT2D eigenvalue weighted by Gasteiger charge is -2.15. The Hall–Kier alpha value is -1.12. The first-order valence-electron chi connectivity index (χ1n) is 5.26. The predicted octanol–water partition coefficient (Wildman–Crippen LogP) is -0.824. The van der Waals surface area contributed by atoms with Gasteiger partial charge < -0.3 is 4.90 Å². The Kier molecular flexibility index (Phi) is 5.95. The molecule has 1 heterocycles.